The van der Waals surface area contributed by atoms with Gasteiger partial charge in [0.15, 0.2) is 11.3 Å². The second kappa shape index (κ2) is 9.73. The van der Waals surface area contributed by atoms with E-state index in [-0.39, 0.29) is 5.91 Å². The number of likely N-dealkylation sites (tertiary alicyclic amines) is 1. The maximum absolute atomic E-state index is 13.1. The summed E-state index contributed by atoms with van der Waals surface area (Å²) in [6, 6.07) is 4.13. The van der Waals surface area contributed by atoms with Crippen LogP contribution < -0.4 is 0 Å². The minimum Gasteiger partial charge on any atom is -0.337 e. The summed E-state index contributed by atoms with van der Waals surface area (Å²) >= 11 is 0. The SMILES string of the molecule is CCc1cc(CC2CCCCCC2)nc2cc(C(=O)N3CCCCCCC3)nn12. The summed E-state index contributed by atoms with van der Waals surface area (Å²) in [7, 11) is 0. The molecular formula is C24H36N4O. The first kappa shape index (κ1) is 20.4. The molecule has 5 nitrogen and oxygen atoms in total. The van der Waals surface area contributed by atoms with Crippen LogP contribution in [0.5, 0.6) is 0 Å². The number of aromatic nitrogens is 3. The molecule has 1 amide bonds. The fourth-order valence-corrected chi connectivity index (χ4v) is 5.03. The standard InChI is InChI=1S/C24H36N4O/c1-2-21-17-20(16-19-12-8-4-5-9-13-19)25-23-18-22(26-28(21)23)24(29)27-14-10-6-3-7-11-15-27/h17-19H,2-16H2,1H3. The van der Waals surface area contributed by atoms with E-state index < -0.39 is 0 Å². The van der Waals surface area contributed by atoms with Crippen LogP contribution in [0.15, 0.2) is 12.1 Å². The van der Waals surface area contributed by atoms with E-state index in [1.54, 1.807) is 0 Å². The van der Waals surface area contributed by atoms with Gasteiger partial charge in [-0.1, -0.05) is 64.7 Å². The average molecular weight is 397 g/mol. The zero-order valence-corrected chi connectivity index (χ0v) is 18.0. The third kappa shape index (κ3) is 4.99. The van der Waals surface area contributed by atoms with Gasteiger partial charge in [-0.3, -0.25) is 4.79 Å². The fourth-order valence-electron chi connectivity index (χ4n) is 5.03. The van der Waals surface area contributed by atoms with Crippen molar-refractivity contribution in [3.63, 3.8) is 0 Å². The van der Waals surface area contributed by atoms with E-state index in [0.717, 1.165) is 56.0 Å². The first-order valence-electron chi connectivity index (χ1n) is 11.9. The van der Waals surface area contributed by atoms with Gasteiger partial charge in [-0.15, -0.1) is 0 Å². The van der Waals surface area contributed by atoms with Crippen molar-refractivity contribution in [2.24, 2.45) is 5.92 Å². The number of aryl methyl sites for hydroxylation is 1. The van der Waals surface area contributed by atoms with E-state index in [1.165, 1.54) is 63.5 Å². The Morgan fingerprint density at radius 2 is 1.62 bits per heavy atom. The van der Waals surface area contributed by atoms with Crippen molar-refractivity contribution in [2.75, 3.05) is 13.1 Å². The van der Waals surface area contributed by atoms with E-state index in [1.807, 2.05) is 15.5 Å². The largest absolute Gasteiger partial charge is 0.337 e. The molecule has 2 aliphatic rings. The molecule has 1 saturated carbocycles. The quantitative estimate of drug-likeness (QED) is 0.667. The molecule has 5 heteroatoms. The topological polar surface area (TPSA) is 50.5 Å². The summed E-state index contributed by atoms with van der Waals surface area (Å²) in [4.78, 5) is 20.0. The van der Waals surface area contributed by atoms with Crippen LogP contribution in [0.2, 0.25) is 0 Å². The molecule has 2 fully saturated rings. The van der Waals surface area contributed by atoms with Crippen LogP contribution in [0.1, 0.15) is 99.4 Å². The first-order chi connectivity index (χ1) is 14.2. The van der Waals surface area contributed by atoms with Crippen LogP contribution in [0.3, 0.4) is 0 Å². The van der Waals surface area contributed by atoms with Crippen molar-refractivity contribution in [3.05, 3.63) is 29.2 Å². The highest BCUT2D eigenvalue weighted by atomic mass is 16.2. The lowest BCUT2D eigenvalue weighted by atomic mass is 9.94. The van der Waals surface area contributed by atoms with Gasteiger partial charge in [0.05, 0.1) is 0 Å². The van der Waals surface area contributed by atoms with Gasteiger partial charge in [-0.25, -0.2) is 9.50 Å². The number of hydrogen-bond acceptors (Lipinski definition) is 3. The van der Waals surface area contributed by atoms with Gasteiger partial charge in [0.1, 0.15) is 0 Å². The Morgan fingerprint density at radius 3 is 2.31 bits per heavy atom. The predicted molar refractivity (Wildman–Crippen MR) is 116 cm³/mol. The zero-order chi connectivity index (χ0) is 20.1. The number of nitrogens with zero attached hydrogens (tertiary/aromatic N) is 4. The molecule has 0 N–H and O–H groups in total. The van der Waals surface area contributed by atoms with Crippen LogP contribution in [-0.2, 0) is 12.8 Å². The lowest BCUT2D eigenvalue weighted by Gasteiger charge is -2.23. The molecular weight excluding hydrogens is 360 g/mol. The molecule has 1 saturated heterocycles. The number of carbonyl (C=O) groups excluding carboxylic acids is 1. The van der Waals surface area contributed by atoms with Crippen molar-refractivity contribution in [3.8, 4) is 0 Å². The Morgan fingerprint density at radius 1 is 0.966 bits per heavy atom. The highest BCUT2D eigenvalue weighted by Crippen LogP contribution is 2.26. The van der Waals surface area contributed by atoms with Crippen molar-refractivity contribution in [1.29, 1.82) is 0 Å². The molecule has 3 heterocycles. The van der Waals surface area contributed by atoms with E-state index >= 15 is 0 Å². The minimum atomic E-state index is 0.0739. The highest BCUT2D eigenvalue weighted by Gasteiger charge is 2.21. The van der Waals surface area contributed by atoms with Gasteiger partial charge < -0.3 is 4.90 Å². The summed E-state index contributed by atoms with van der Waals surface area (Å²) in [5.41, 5.74) is 3.72. The highest BCUT2D eigenvalue weighted by molar-refractivity contribution is 5.93. The molecule has 0 atom stereocenters. The Bertz CT molecular complexity index is 812. The Hall–Kier alpha value is -1.91. The fraction of sp³-hybridized carbons (Fsp3) is 0.708. The van der Waals surface area contributed by atoms with Gasteiger partial charge >= 0.3 is 0 Å². The summed E-state index contributed by atoms with van der Waals surface area (Å²) in [6.07, 6.45) is 16.0. The van der Waals surface area contributed by atoms with E-state index in [2.05, 4.69) is 18.1 Å². The van der Waals surface area contributed by atoms with Crippen LogP contribution in [-0.4, -0.2) is 38.5 Å². The normalized spacial score (nSPS) is 19.7. The molecule has 0 radical (unpaired) electrons. The molecule has 0 bridgehead atoms. The molecule has 158 valence electrons. The van der Waals surface area contributed by atoms with Gasteiger partial charge in [-0.2, -0.15) is 5.10 Å². The lowest BCUT2D eigenvalue weighted by molar-refractivity contribution is 0.0736. The summed E-state index contributed by atoms with van der Waals surface area (Å²) < 4.78 is 1.90. The number of hydrogen-bond donors (Lipinski definition) is 0. The molecule has 29 heavy (non-hydrogen) atoms. The predicted octanol–water partition coefficient (Wildman–Crippen LogP) is 5.21. The van der Waals surface area contributed by atoms with E-state index in [9.17, 15) is 4.79 Å². The Kier molecular flexibility index (Phi) is 6.83. The monoisotopic (exact) mass is 396 g/mol. The third-order valence-electron chi connectivity index (χ3n) is 6.75. The second-order valence-corrected chi connectivity index (χ2v) is 9.01. The molecule has 0 aromatic carbocycles. The Labute approximate surface area is 174 Å². The summed E-state index contributed by atoms with van der Waals surface area (Å²) in [5.74, 6) is 0.826. The van der Waals surface area contributed by atoms with Crippen LogP contribution in [0, 0.1) is 5.92 Å². The van der Waals surface area contributed by atoms with Crippen LogP contribution >= 0.6 is 0 Å². The van der Waals surface area contributed by atoms with Gasteiger partial charge in [0, 0.05) is 30.5 Å². The average Bonchev–Trinajstić information content (AvgIpc) is 2.96. The summed E-state index contributed by atoms with van der Waals surface area (Å²) in [6.45, 7) is 3.87. The molecule has 1 aliphatic carbocycles. The number of amides is 1. The number of rotatable bonds is 4. The van der Waals surface area contributed by atoms with Gasteiger partial charge in [-0.05, 0) is 37.7 Å². The molecule has 2 aromatic heterocycles. The van der Waals surface area contributed by atoms with E-state index in [0.29, 0.717) is 5.69 Å². The maximum atomic E-state index is 13.1. The maximum Gasteiger partial charge on any atom is 0.274 e. The molecule has 2 aromatic rings. The second-order valence-electron chi connectivity index (χ2n) is 9.01. The van der Waals surface area contributed by atoms with Crippen LogP contribution in [0.25, 0.3) is 5.65 Å². The van der Waals surface area contributed by atoms with Crippen molar-refractivity contribution < 1.29 is 4.79 Å². The smallest absolute Gasteiger partial charge is 0.274 e. The zero-order valence-electron chi connectivity index (χ0n) is 18.0. The van der Waals surface area contributed by atoms with Crippen LogP contribution in [0.4, 0.5) is 0 Å². The van der Waals surface area contributed by atoms with Crippen molar-refractivity contribution in [1.82, 2.24) is 19.5 Å². The third-order valence-corrected chi connectivity index (χ3v) is 6.75. The minimum absolute atomic E-state index is 0.0739. The Balaban J connectivity index is 1.56. The summed E-state index contributed by atoms with van der Waals surface area (Å²) in [5, 5.41) is 4.68. The van der Waals surface area contributed by atoms with Crippen molar-refractivity contribution >= 4 is 11.6 Å². The molecule has 0 spiro atoms. The van der Waals surface area contributed by atoms with Gasteiger partial charge in [0.25, 0.3) is 5.91 Å². The number of carbonyl (C=O) groups is 1. The van der Waals surface area contributed by atoms with E-state index in [4.69, 9.17) is 4.98 Å². The van der Waals surface area contributed by atoms with Crippen molar-refractivity contribution in [2.45, 2.75) is 90.4 Å². The molecule has 0 unspecified atom stereocenters. The lowest BCUT2D eigenvalue weighted by Crippen LogP contribution is -2.34. The molecule has 1 aliphatic heterocycles. The molecule has 4 rings (SSSR count). The van der Waals surface area contributed by atoms with Gasteiger partial charge in [0.2, 0.25) is 0 Å². The number of fused-ring (bicyclic) bond motifs is 1. The first-order valence-corrected chi connectivity index (χ1v) is 11.9.